The Balaban J connectivity index is 1.28. The van der Waals surface area contributed by atoms with E-state index in [0.29, 0.717) is 24.0 Å². The van der Waals surface area contributed by atoms with E-state index in [4.69, 9.17) is 4.99 Å². The number of hydrogen-bond donors (Lipinski definition) is 1. The number of aliphatic imine (C=N–C) groups is 1. The number of aromatic nitrogens is 1. The molecule has 0 unspecified atom stereocenters. The quantitative estimate of drug-likeness (QED) is 0.848. The van der Waals surface area contributed by atoms with Crippen molar-refractivity contribution in [3.63, 3.8) is 0 Å². The topological polar surface area (TPSA) is 54.4 Å². The van der Waals surface area contributed by atoms with E-state index in [1.807, 2.05) is 24.5 Å². The van der Waals surface area contributed by atoms with Crippen LogP contribution in [0.1, 0.15) is 42.7 Å². The lowest BCUT2D eigenvalue weighted by atomic mass is 9.76. The third kappa shape index (κ3) is 3.69. The number of nitrogens with zero attached hydrogens (tertiary/aromatic N) is 2. The Morgan fingerprint density at radius 3 is 2.72 bits per heavy atom. The summed E-state index contributed by atoms with van der Waals surface area (Å²) in [6.07, 6.45) is 7.16. The Labute approximate surface area is 172 Å². The molecule has 1 aliphatic carbocycles. The second-order valence-corrected chi connectivity index (χ2v) is 8.53. The average molecular weight is 386 g/mol. The van der Waals surface area contributed by atoms with Gasteiger partial charge in [-0.3, -0.25) is 14.8 Å². The number of carbonyl (C=O) groups excluding carboxylic acids is 1. The molecular weight excluding hydrogens is 358 g/mol. The van der Waals surface area contributed by atoms with Crippen LogP contribution in [0, 0.1) is 11.8 Å². The summed E-state index contributed by atoms with van der Waals surface area (Å²) in [6.45, 7) is 2.72. The molecule has 1 saturated heterocycles. The summed E-state index contributed by atoms with van der Waals surface area (Å²) in [7, 11) is 0. The predicted molar refractivity (Wildman–Crippen MR) is 115 cm³/mol. The van der Waals surface area contributed by atoms with Gasteiger partial charge in [0.1, 0.15) is 5.78 Å². The number of benzene rings is 1. The average Bonchev–Trinajstić information content (AvgIpc) is 3.41. The zero-order valence-corrected chi connectivity index (χ0v) is 16.7. The van der Waals surface area contributed by atoms with E-state index < -0.39 is 0 Å². The molecule has 4 nitrogen and oxygen atoms in total. The minimum atomic E-state index is 0.135. The lowest BCUT2D eigenvalue weighted by molar-refractivity contribution is -0.124. The molecule has 4 heteroatoms. The number of nitrogens with one attached hydrogen (secondary N) is 1. The van der Waals surface area contributed by atoms with Gasteiger partial charge in [-0.05, 0) is 60.6 Å². The lowest BCUT2D eigenvalue weighted by Gasteiger charge is -2.26. The number of rotatable bonds is 5. The fraction of sp³-hybridized carbons (Fsp3) is 0.400. The highest BCUT2D eigenvalue weighted by atomic mass is 16.1. The zero-order chi connectivity index (χ0) is 19.6. The number of carbonyl (C=O) groups is 1. The van der Waals surface area contributed by atoms with Gasteiger partial charge in [-0.1, -0.05) is 30.3 Å². The SMILES string of the molecule is O=C(C[C@H]1CNC[C@@H]1c1ccccc1)[C@@H]1CCC2=C(C1)C(c1ccncc1)=NC2. The summed E-state index contributed by atoms with van der Waals surface area (Å²) in [4.78, 5) is 22.2. The van der Waals surface area contributed by atoms with Crippen molar-refractivity contribution in [3.05, 3.63) is 77.1 Å². The number of pyridine rings is 1. The summed E-state index contributed by atoms with van der Waals surface area (Å²) in [5.74, 6) is 1.42. The Hall–Kier alpha value is -2.59. The van der Waals surface area contributed by atoms with E-state index in [1.54, 1.807) is 0 Å². The summed E-state index contributed by atoms with van der Waals surface area (Å²) in [5.41, 5.74) is 6.33. The number of Topliss-reactive ketones (excluding diaryl/α,β-unsaturated/α-hetero) is 1. The molecule has 2 aromatic rings. The molecular formula is C25H27N3O. The van der Waals surface area contributed by atoms with Gasteiger partial charge < -0.3 is 5.32 Å². The van der Waals surface area contributed by atoms with Crippen LogP contribution in [0.4, 0.5) is 0 Å². The first-order valence-corrected chi connectivity index (χ1v) is 10.7. The van der Waals surface area contributed by atoms with Crippen LogP contribution >= 0.6 is 0 Å². The van der Waals surface area contributed by atoms with Crippen molar-refractivity contribution in [2.24, 2.45) is 16.8 Å². The summed E-state index contributed by atoms with van der Waals surface area (Å²) in [5, 5.41) is 3.51. The van der Waals surface area contributed by atoms with Crippen LogP contribution in [0.3, 0.4) is 0 Å². The van der Waals surface area contributed by atoms with E-state index in [9.17, 15) is 4.79 Å². The Morgan fingerprint density at radius 1 is 1.07 bits per heavy atom. The smallest absolute Gasteiger partial charge is 0.136 e. The summed E-state index contributed by atoms with van der Waals surface area (Å²) < 4.78 is 0. The molecule has 0 saturated carbocycles. The van der Waals surface area contributed by atoms with Crippen LogP contribution in [-0.4, -0.2) is 36.1 Å². The maximum absolute atomic E-state index is 13.3. The fourth-order valence-electron chi connectivity index (χ4n) is 5.21. The largest absolute Gasteiger partial charge is 0.316 e. The molecule has 148 valence electrons. The molecule has 0 spiro atoms. The monoisotopic (exact) mass is 385 g/mol. The van der Waals surface area contributed by atoms with Crippen molar-refractivity contribution in [1.29, 1.82) is 0 Å². The highest BCUT2D eigenvalue weighted by Gasteiger charge is 2.35. The highest BCUT2D eigenvalue weighted by molar-refractivity contribution is 6.14. The molecule has 1 fully saturated rings. The zero-order valence-electron chi connectivity index (χ0n) is 16.7. The molecule has 3 atom stereocenters. The van der Waals surface area contributed by atoms with Gasteiger partial charge in [0.15, 0.2) is 0 Å². The maximum atomic E-state index is 13.3. The van der Waals surface area contributed by atoms with Crippen LogP contribution in [0.5, 0.6) is 0 Å². The maximum Gasteiger partial charge on any atom is 0.136 e. The van der Waals surface area contributed by atoms with E-state index in [2.05, 4.69) is 40.6 Å². The number of hydrogen-bond acceptors (Lipinski definition) is 4. The summed E-state index contributed by atoms with van der Waals surface area (Å²) in [6, 6.07) is 14.7. The molecule has 1 aromatic heterocycles. The Kier molecular flexibility index (Phi) is 5.11. The van der Waals surface area contributed by atoms with E-state index in [-0.39, 0.29) is 5.92 Å². The molecule has 0 bridgehead atoms. The summed E-state index contributed by atoms with van der Waals surface area (Å²) >= 11 is 0. The van der Waals surface area contributed by atoms with Gasteiger partial charge in [-0.25, -0.2) is 0 Å². The molecule has 29 heavy (non-hydrogen) atoms. The molecule has 0 amide bonds. The fourth-order valence-corrected chi connectivity index (χ4v) is 5.21. The Bertz CT molecular complexity index is 949. The third-order valence-corrected chi connectivity index (χ3v) is 6.83. The van der Waals surface area contributed by atoms with Gasteiger partial charge >= 0.3 is 0 Å². The lowest BCUT2D eigenvalue weighted by Crippen LogP contribution is -2.25. The van der Waals surface area contributed by atoms with Crippen molar-refractivity contribution in [2.45, 2.75) is 31.6 Å². The standard InChI is InChI=1S/C25H27N3O/c29-24(13-21-14-27-16-23(21)17-4-2-1-3-5-17)19-6-7-20-15-28-25(22(20)12-19)18-8-10-26-11-9-18/h1-5,8-11,19,21,23,27H,6-7,12-16H2/t19-,21+,23-/m1/s1. The van der Waals surface area contributed by atoms with Crippen LogP contribution in [0.2, 0.25) is 0 Å². The predicted octanol–water partition coefficient (Wildman–Crippen LogP) is 3.94. The molecule has 3 aliphatic rings. The van der Waals surface area contributed by atoms with Crippen molar-refractivity contribution in [2.75, 3.05) is 19.6 Å². The Morgan fingerprint density at radius 2 is 1.90 bits per heavy atom. The van der Waals surface area contributed by atoms with E-state index in [1.165, 1.54) is 16.7 Å². The molecule has 5 rings (SSSR count). The second-order valence-electron chi connectivity index (χ2n) is 8.53. The number of ketones is 1. The molecule has 1 aromatic carbocycles. The van der Waals surface area contributed by atoms with Crippen molar-refractivity contribution < 1.29 is 4.79 Å². The molecule has 3 heterocycles. The van der Waals surface area contributed by atoms with Gasteiger partial charge in [0, 0.05) is 42.8 Å². The van der Waals surface area contributed by atoms with E-state index >= 15 is 0 Å². The highest BCUT2D eigenvalue weighted by Crippen LogP contribution is 2.38. The third-order valence-electron chi connectivity index (χ3n) is 6.83. The molecule has 2 aliphatic heterocycles. The van der Waals surface area contributed by atoms with Gasteiger partial charge in [-0.2, -0.15) is 0 Å². The van der Waals surface area contributed by atoms with Crippen LogP contribution in [0.15, 0.2) is 71.0 Å². The van der Waals surface area contributed by atoms with Crippen LogP contribution in [-0.2, 0) is 4.79 Å². The number of allylic oxidation sites excluding steroid dienone is 1. The van der Waals surface area contributed by atoms with Crippen molar-refractivity contribution in [3.8, 4) is 0 Å². The normalized spacial score (nSPS) is 26.3. The minimum Gasteiger partial charge on any atom is -0.316 e. The van der Waals surface area contributed by atoms with Gasteiger partial charge in [0.25, 0.3) is 0 Å². The van der Waals surface area contributed by atoms with Crippen molar-refractivity contribution >= 4 is 11.5 Å². The minimum absolute atomic E-state index is 0.135. The van der Waals surface area contributed by atoms with Crippen LogP contribution in [0.25, 0.3) is 0 Å². The van der Waals surface area contributed by atoms with Crippen LogP contribution < -0.4 is 5.32 Å². The van der Waals surface area contributed by atoms with Gasteiger partial charge in [0.2, 0.25) is 0 Å². The molecule has 1 N–H and O–H groups in total. The van der Waals surface area contributed by atoms with Gasteiger partial charge in [-0.15, -0.1) is 0 Å². The first kappa shape index (κ1) is 18.4. The second kappa shape index (κ2) is 8.03. The van der Waals surface area contributed by atoms with Gasteiger partial charge in [0.05, 0.1) is 12.3 Å². The first-order valence-electron chi connectivity index (χ1n) is 10.7. The van der Waals surface area contributed by atoms with Crippen molar-refractivity contribution in [1.82, 2.24) is 10.3 Å². The first-order chi connectivity index (χ1) is 14.3. The van der Waals surface area contributed by atoms with E-state index in [0.717, 1.165) is 50.2 Å². The molecule has 0 radical (unpaired) electrons.